The Morgan fingerprint density at radius 3 is 2.73 bits per heavy atom. The van der Waals surface area contributed by atoms with Crippen LogP contribution in [0.5, 0.6) is 5.88 Å². The zero-order valence-electron chi connectivity index (χ0n) is 17.3. The standard InChI is InChI=1S/C22H26N6O2/c1-3-19-18(14-24-28(19)20-9-10-21(30-2)26-25-20)22(29)23-13-16-11-12-27(15-16)17-7-5-4-6-8-17/h4-10,14,16H,3,11-13,15H2,1-2H3,(H,23,29). The number of carbonyl (C=O) groups is 1. The van der Waals surface area contributed by atoms with Gasteiger partial charge in [-0.05, 0) is 37.0 Å². The fourth-order valence-corrected chi connectivity index (χ4v) is 3.84. The first-order valence-electron chi connectivity index (χ1n) is 10.2. The number of ether oxygens (including phenoxy) is 1. The summed E-state index contributed by atoms with van der Waals surface area (Å²) in [6, 6.07) is 13.9. The van der Waals surface area contributed by atoms with Crippen molar-refractivity contribution in [3.05, 3.63) is 59.9 Å². The first-order valence-corrected chi connectivity index (χ1v) is 10.2. The average Bonchev–Trinajstić information content (AvgIpc) is 3.45. The zero-order chi connectivity index (χ0) is 20.9. The second-order valence-corrected chi connectivity index (χ2v) is 7.35. The maximum Gasteiger partial charge on any atom is 0.254 e. The van der Waals surface area contributed by atoms with Gasteiger partial charge in [0.2, 0.25) is 5.88 Å². The van der Waals surface area contributed by atoms with E-state index >= 15 is 0 Å². The quantitative estimate of drug-likeness (QED) is 0.649. The van der Waals surface area contributed by atoms with E-state index in [9.17, 15) is 4.79 Å². The number of nitrogens with one attached hydrogen (secondary N) is 1. The molecule has 0 saturated carbocycles. The Balaban J connectivity index is 1.40. The van der Waals surface area contributed by atoms with Crippen molar-refractivity contribution in [2.75, 3.05) is 31.6 Å². The van der Waals surface area contributed by atoms with Crippen LogP contribution in [0.15, 0.2) is 48.7 Å². The van der Waals surface area contributed by atoms with Gasteiger partial charge >= 0.3 is 0 Å². The number of amides is 1. The van der Waals surface area contributed by atoms with Crippen molar-refractivity contribution in [3.8, 4) is 11.7 Å². The highest BCUT2D eigenvalue weighted by atomic mass is 16.5. The second-order valence-electron chi connectivity index (χ2n) is 7.35. The first kappa shape index (κ1) is 19.9. The van der Waals surface area contributed by atoms with E-state index in [2.05, 4.69) is 49.8 Å². The lowest BCUT2D eigenvalue weighted by molar-refractivity contribution is 0.0947. The molecule has 1 amide bonds. The third-order valence-electron chi connectivity index (χ3n) is 5.46. The summed E-state index contributed by atoms with van der Waals surface area (Å²) in [6.45, 7) is 4.61. The minimum absolute atomic E-state index is 0.0993. The fourth-order valence-electron chi connectivity index (χ4n) is 3.84. The molecule has 1 aliphatic heterocycles. The van der Waals surface area contributed by atoms with Crippen molar-refractivity contribution in [2.45, 2.75) is 19.8 Å². The van der Waals surface area contributed by atoms with Crippen LogP contribution in [0.25, 0.3) is 5.82 Å². The molecule has 8 heteroatoms. The van der Waals surface area contributed by atoms with Crippen molar-refractivity contribution < 1.29 is 9.53 Å². The highest BCUT2D eigenvalue weighted by Gasteiger charge is 2.24. The maximum absolute atomic E-state index is 12.8. The number of methoxy groups -OCH3 is 1. The number of carbonyl (C=O) groups excluding carboxylic acids is 1. The summed E-state index contributed by atoms with van der Waals surface area (Å²) in [4.78, 5) is 15.2. The van der Waals surface area contributed by atoms with Crippen molar-refractivity contribution >= 4 is 11.6 Å². The molecule has 4 rings (SSSR count). The lowest BCUT2D eigenvalue weighted by atomic mass is 10.1. The van der Waals surface area contributed by atoms with Gasteiger partial charge in [-0.1, -0.05) is 25.1 Å². The molecule has 3 aromatic rings. The SMILES string of the molecule is CCc1c(C(=O)NCC2CCN(c3ccccc3)C2)cnn1-c1ccc(OC)nn1. The summed E-state index contributed by atoms with van der Waals surface area (Å²) in [6.07, 6.45) is 3.32. The summed E-state index contributed by atoms with van der Waals surface area (Å²) < 4.78 is 6.71. The molecule has 1 aliphatic rings. The molecule has 1 saturated heterocycles. The minimum Gasteiger partial charge on any atom is -0.480 e. The van der Waals surface area contributed by atoms with Crippen molar-refractivity contribution in [3.63, 3.8) is 0 Å². The van der Waals surface area contributed by atoms with Crippen LogP contribution in [0.4, 0.5) is 5.69 Å². The molecule has 156 valence electrons. The largest absolute Gasteiger partial charge is 0.480 e. The average molecular weight is 406 g/mol. The molecule has 8 nitrogen and oxygen atoms in total. The van der Waals surface area contributed by atoms with Gasteiger partial charge in [0.05, 0.1) is 24.6 Å². The molecule has 0 aliphatic carbocycles. The molecule has 1 N–H and O–H groups in total. The molecule has 0 spiro atoms. The Hall–Kier alpha value is -3.42. The van der Waals surface area contributed by atoms with E-state index in [1.165, 1.54) is 5.69 Å². The molecule has 1 atom stereocenters. The van der Waals surface area contributed by atoms with Crippen molar-refractivity contribution in [1.29, 1.82) is 0 Å². The number of hydrogen-bond donors (Lipinski definition) is 1. The van der Waals surface area contributed by atoms with Crippen molar-refractivity contribution in [2.24, 2.45) is 5.92 Å². The summed E-state index contributed by atoms with van der Waals surface area (Å²) in [7, 11) is 1.54. The third-order valence-corrected chi connectivity index (χ3v) is 5.46. The molecule has 0 radical (unpaired) electrons. The number of nitrogens with zero attached hydrogens (tertiary/aromatic N) is 5. The van der Waals surface area contributed by atoms with Crippen LogP contribution in [-0.2, 0) is 6.42 Å². The Labute approximate surface area is 175 Å². The Bertz CT molecular complexity index is 987. The van der Waals surface area contributed by atoms with Crippen LogP contribution in [-0.4, -0.2) is 52.6 Å². The highest BCUT2D eigenvalue weighted by Crippen LogP contribution is 2.23. The number of rotatable bonds is 7. The predicted molar refractivity (Wildman–Crippen MR) is 114 cm³/mol. The number of aromatic nitrogens is 4. The van der Waals surface area contributed by atoms with Gasteiger partial charge in [-0.3, -0.25) is 4.79 Å². The van der Waals surface area contributed by atoms with E-state index in [1.54, 1.807) is 30.1 Å². The molecule has 2 aromatic heterocycles. The summed E-state index contributed by atoms with van der Waals surface area (Å²) >= 11 is 0. The van der Waals surface area contributed by atoms with E-state index in [0.717, 1.165) is 25.2 Å². The summed E-state index contributed by atoms with van der Waals surface area (Å²) in [5, 5.41) is 15.6. The smallest absolute Gasteiger partial charge is 0.254 e. The van der Waals surface area contributed by atoms with Gasteiger partial charge in [-0.15, -0.1) is 10.2 Å². The van der Waals surface area contributed by atoms with E-state index in [1.807, 2.05) is 13.0 Å². The summed E-state index contributed by atoms with van der Waals surface area (Å²) in [5.41, 5.74) is 2.62. The number of anilines is 1. The van der Waals surface area contributed by atoms with Crippen LogP contribution in [0.2, 0.25) is 0 Å². The van der Waals surface area contributed by atoms with Crippen molar-refractivity contribution in [1.82, 2.24) is 25.3 Å². The molecule has 3 heterocycles. The minimum atomic E-state index is -0.0993. The molecule has 1 fully saturated rings. The van der Waals surface area contributed by atoms with Gasteiger partial charge < -0.3 is 15.0 Å². The van der Waals surface area contributed by atoms with E-state index in [-0.39, 0.29) is 5.91 Å². The number of para-hydroxylation sites is 1. The van der Waals surface area contributed by atoms with E-state index in [0.29, 0.717) is 36.1 Å². The molecule has 1 aromatic carbocycles. The lowest BCUT2D eigenvalue weighted by Gasteiger charge is -2.18. The Morgan fingerprint density at radius 2 is 2.03 bits per heavy atom. The molecule has 30 heavy (non-hydrogen) atoms. The summed E-state index contributed by atoms with van der Waals surface area (Å²) in [5.74, 6) is 1.32. The molecule has 1 unspecified atom stereocenters. The highest BCUT2D eigenvalue weighted by molar-refractivity contribution is 5.95. The predicted octanol–water partition coefficient (Wildman–Crippen LogP) is 2.49. The van der Waals surface area contributed by atoms with Gasteiger partial charge in [0.15, 0.2) is 5.82 Å². The van der Waals surface area contributed by atoms with Crippen LogP contribution in [0.3, 0.4) is 0 Å². The Morgan fingerprint density at radius 1 is 1.20 bits per heavy atom. The van der Waals surface area contributed by atoms with Gasteiger partial charge in [-0.2, -0.15) is 5.10 Å². The van der Waals surface area contributed by atoms with Crippen LogP contribution in [0, 0.1) is 5.92 Å². The second kappa shape index (κ2) is 8.94. The van der Waals surface area contributed by atoms with E-state index < -0.39 is 0 Å². The molecular formula is C22H26N6O2. The normalized spacial score (nSPS) is 15.9. The first-order chi connectivity index (χ1) is 14.7. The third kappa shape index (κ3) is 4.12. The van der Waals surface area contributed by atoms with Gasteiger partial charge in [0.25, 0.3) is 5.91 Å². The number of hydrogen-bond acceptors (Lipinski definition) is 6. The lowest BCUT2D eigenvalue weighted by Crippen LogP contribution is -2.31. The fraction of sp³-hybridized carbons (Fsp3) is 0.364. The van der Waals surface area contributed by atoms with Gasteiger partial charge in [0.1, 0.15) is 0 Å². The number of benzene rings is 1. The Kier molecular flexibility index (Phi) is 5.92. The maximum atomic E-state index is 12.8. The van der Waals surface area contributed by atoms with Gasteiger partial charge in [-0.25, -0.2) is 4.68 Å². The molecular weight excluding hydrogens is 380 g/mol. The van der Waals surface area contributed by atoms with Crippen LogP contribution >= 0.6 is 0 Å². The monoisotopic (exact) mass is 406 g/mol. The zero-order valence-corrected chi connectivity index (χ0v) is 17.3. The van der Waals surface area contributed by atoms with Gasteiger partial charge in [0, 0.05) is 31.4 Å². The van der Waals surface area contributed by atoms with E-state index in [4.69, 9.17) is 4.74 Å². The topological polar surface area (TPSA) is 85.2 Å². The van der Waals surface area contributed by atoms with Crippen LogP contribution < -0.4 is 15.0 Å². The molecule has 0 bridgehead atoms. The van der Waals surface area contributed by atoms with Crippen LogP contribution in [0.1, 0.15) is 29.4 Å².